The maximum absolute atomic E-state index is 10.8. The summed E-state index contributed by atoms with van der Waals surface area (Å²) in [6, 6.07) is 0. The molecule has 0 spiro atoms. The molecule has 0 aromatic rings. The highest BCUT2D eigenvalue weighted by Gasteiger charge is 2.30. The summed E-state index contributed by atoms with van der Waals surface area (Å²) in [5.74, 6) is -0.876. The summed E-state index contributed by atoms with van der Waals surface area (Å²) in [4.78, 5) is 10.8. The molecule has 1 heterocycles. The van der Waals surface area contributed by atoms with Crippen molar-refractivity contribution in [1.82, 2.24) is 5.32 Å². The summed E-state index contributed by atoms with van der Waals surface area (Å²) in [7, 11) is 0. The average molecular weight is 243 g/mol. The van der Waals surface area contributed by atoms with Crippen LogP contribution in [0.1, 0.15) is 26.2 Å². The summed E-state index contributed by atoms with van der Waals surface area (Å²) in [5.41, 5.74) is 0.0872. The molecule has 0 radical (unpaired) electrons. The second-order valence-electron chi connectivity index (χ2n) is 4.32. The number of carboxylic acid groups (broad SMARTS) is 1. The van der Waals surface area contributed by atoms with Crippen LogP contribution in [-0.4, -0.2) is 48.1 Å². The van der Waals surface area contributed by atoms with Crippen LogP contribution in [-0.2, 0) is 9.53 Å². The van der Waals surface area contributed by atoms with Gasteiger partial charge in [-0.2, -0.15) is 0 Å². The van der Waals surface area contributed by atoms with E-state index in [0.29, 0.717) is 31.8 Å². The Bertz CT molecular complexity index is 282. The van der Waals surface area contributed by atoms with Gasteiger partial charge >= 0.3 is 5.97 Å². The molecule has 0 bridgehead atoms. The van der Waals surface area contributed by atoms with Crippen LogP contribution in [0.2, 0.25) is 0 Å². The number of carbonyl (C=O) groups is 1. The molecular weight excluding hydrogens is 222 g/mol. The fourth-order valence-electron chi connectivity index (χ4n) is 1.93. The van der Waals surface area contributed by atoms with Crippen LogP contribution in [0.5, 0.6) is 0 Å². The zero-order valence-corrected chi connectivity index (χ0v) is 10.2. The van der Waals surface area contributed by atoms with Crippen LogP contribution in [0, 0.1) is 0 Å². The molecule has 1 rings (SSSR count). The van der Waals surface area contributed by atoms with Crippen LogP contribution >= 0.6 is 0 Å². The lowest BCUT2D eigenvalue weighted by molar-refractivity contribution is -0.132. The Morgan fingerprint density at radius 2 is 2.12 bits per heavy atom. The van der Waals surface area contributed by atoms with Gasteiger partial charge in [0.15, 0.2) is 0 Å². The number of ether oxygens (including phenoxy) is 1. The van der Waals surface area contributed by atoms with Gasteiger partial charge in [0.05, 0.1) is 6.61 Å². The van der Waals surface area contributed by atoms with E-state index in [1.807, 2.05) is 6.92 Å². The van der Waals surface area contributed by atoms with Crippen LogP contribution in [0.3, 0.4) is 0 Å². The first kappa shape index (κ1) is 14.2. The predicted molar refractivity (Wildman–Crippen MR) is 63.9 cm³/mol. The Morgan fingerprint density at radius 3 is 2.59 bits per heavy atom. The summed E-state index contributed by atoms with van der Waals surface area (Å²) >= 11 is 0. The molecule has 1 aliphatic heterocycles. The fraction of sp³-hybridized carbons (Fsp3) is 0.750. The Balaban J connectivity index is 2.49. The van der Waals surface area contributed by atoms with E-state index in [0.717, 1.165) is 12.8 Å². The number of rotatable bonds is 6. The van der Waals surface area contributed by atoms with Crippen molar-refractivity contribution in [2.45, 2.75) is 31.7 Å². The lowest BCUT2D eigenvalue weighted by Gasteiger charge is -2.36. The van der Waals surface area contributed by atoms with E-state index >= 15 is 0 Å². The van der Waals surface area contributed by atoms with E-state index in [1.165, 1.54) is 0 Å². The third kappa shape index (κ3) is 4.11. The quantitative estimate of drug-likeness (QED) is 0.593. The maximum Gasteiger partial charge on any atom is 0.331 e. The van der Waals surface area contributed by atoms with Gasteiger partial charge in [0.2, 0.25) is 0 Å². The fourth-order valence-corrected chi connectivity index (χ4v) is 1.93. The van der Waals surface area contributed by atoms with Crippen molar-refractivity contribution in [1.29, 1.82) is 0 Å². The molecule has 0 amide bonds. The summed E-state index contributed by atoms with van der Waals surface area (Å²) in [6.45, 7) is 3.61. The lowest BCUT2D eigenvalue weighted by atomic mass is 9.91. The highest BCUT2D eigenvalue weighted by atomic mass is 16.5. The van der Waals surface area contributed by atoms with Crippen molar-refractivity contribution < 1.29 is 19.7 Å². The molecule has 0 aliphatic carbocycles. The normalized spacial score (nSPS) is 20.2. The van der Waals surface area contributed by atoms with Crippen LogP contribution < -0.4 is 5.32 Å². The third-order valence-electron chi connectivity index (χ3n) is 3.23. The minimum atomic E-state index is -0.876. The highest BCUT2D eigenvalue weighted by molar-refractivity contribution is 5.86. The first-order chi connectivity index (χ1) is 8.13. The molecule has 1 fully saturated rings. The third-order valence-corrected chi connectivity index (χ3v) is 3.23. The molecule has 3 N–H and O–H groups in total. The minimum Gasteiger partial charge on any atom is -0.478 e. The number of hydrogen-bond acceptors (Lipinski definition) is 4. The Hall–Kier alpha value is -0.910. The Morgan fingerprint density at radius 1 is 1.47 bits per heavy atom. The second-order valence-corrected chi connectivity index (χ2v) is 4.32. The molecule has 0 atom stereocenters. The van der Waals surface area contributed by atoms with Gasteiger partial charge in [-0.3, -0.25) is 0 Å². The van der Waals surface area contributed by atoms with Gasteiger partial charge in [-0.15, -0.1) is 0 Å². The summed E-state index contributed by atoms with van der Waals surface area (Å²) < 4.78 is 5.25. The number of aliphatic carboxylic acids is 1. The molecule has 0 aromatic carbocycles. The Labute approximate surface area is 101 Å². The van der Waals surface area contributed by atoms with E-state index in [4.69, 9.17) is 9.84 Å². The monoisotopic (exact) mass is 243 g/mol. The van der Waals surface area contributed by atoms with Crippen molar-refractivity contribution in [2.75, 3.05) is 26.4 Å². The molecule has 1 aliphatic rings. The van der Waals surface area contributed by atoms with Crippen molar-refractivity contribution in [3.05, 3.63) is 11.6 Å². The zero-order valence-electron chi connectivity index (χ0n) is 10.2. The topological polar surface area (TPSA) is 78.8 Å². The summed E-state index contributed by atoms with van der Waals surface area (Å²) in [6.07, 6.45) is 3.69. The molecule has 5 heteroatoms. The molecular formula is C12H21NO4. The molecule has 17 heavy (non-hydrogen) atoms. The predicted octanol–water partition coefficient (Wildman–Crippen LogP) is 0.538. The molecule has 98 valence electrons. The van der Waals surface area contributed by atoms with Gasteiger partial charge in [-0.05, 0) is 19.3 Å². The maximum atomic E-state index is 10.8. The van der Waals surface area contributed by atoms with Crippen molar-refractivity contribution in [3.8, 4) is 0 Å². The van der Waals surface area contributed by atoms with Gasteiger partial charge in [0.1, 0.15) is 0 Å². The summed E-state index contributed by atoms with van der Waals surface area (Å²) in [5, 5.41) is 21.5. The number of carboxylic acids is 1. The van der Waals surface area contributed by atoms with Gasteiger partial charge in [0.25, 0.3) is 0 Å². The van der Waals surface area contributed by atoms with Crippen molar-refractivity contribution >= 4 is 5.97 Å². The van der Waals surface area contributed by atoms with Gasteiger partial charge in [0, 0.05) is 30.9 Å². The number of aliphatic hydroxyl groups excluding tert-OH is 1. The lowest BCUT2D eigenvalue weighted by Crippen LogP contribution is -2.52. The van der Waals surface area contributed by atoms with E-state index in [9.17, 15) is 9.90 Å². The van der Waals surface area contributed by atoms with E-state index in [-0.39, 0.29) is 12.1 Å². The number of aliphatic hydroxyl groups is 1. The van der Waals surface area contributed by atoms with E-state index < -0.39 is 5.97 Å². The van der Waals surface area contributed by atoms with E-state index in [2.05, 4.69) is 5.32 Å². The van der Waals surface area contributed by atoms with Gasteiger partial charge in [-0.1, -0.05) is 13.0 Å². The van der Waals surface area contributed by atoms with Crippen LogP contribution in [0.15, 0.2) is 11.6 Å². The molecule has 0 saturated carbocycles. The molecule has 0 unspecified atom stereocenters. The number of nitrogens with one attached hydrogen (secondary N) is 1. The highest BCUT2D eigenvalue weighted by Crippen LogP contribution is 2.19. The van der Waals surface area contributed by atoms with Crippen LogP contribution in [0.4, 0.5) is 0 Å². The SMILES string of the molecule is CCC(=CCNC1(CO)CCOCC1)C(=O)O. The molecule has 0 aromatic heterocycles. The first-order valence-electron chi connectivity index (χ1n) is 5.99. The van der Waals surface area contributed by atoms with Crippen molar-refractivity contribution in [3.63, 3.8) is 0 Å². The smallest absolute Gasteiger partial charge is 0.331 e. The first-order valence-corrected chi connectivity index (χ1v) is 5.99. The average Bonchev–Trinajstić information content (AvgIpc) is 2.35. The number of hydrogen-bond donors (Lipinski definition) is 3. The van der Waals surface area contributed by atoms with Crippen molar-refractivity contribution in [2.24, 2.45) is 0 Å². The van der Waals surface area contributed by atoms with Crippen LogP contribution in [0.25, 0.3) is 0 Å². The van der Waals surface area contributed by atoms with Gasteiger partial charge in [-0.25, -0.2) is 4.79 Å². The molecule has 5 nitrogen and oxygen atoms in total. The minimum absolute atomic E-state index is 0.0543. The van der Waals surface area contributed by atoms with Gasteiger partial charge < -0.3 is 20.3 Å². The standard InChI is InChI=1S/C12H21NO4/c1-2-10(11(15)16)3-6-13-12(9-14)4-7-17-8-5-12/h3,13-14H,2,4-9H2,1H3,(H,15,16). The van der Waals surface area contributed by atoms with E-state index in [1.54, 1.807) is 6.08 Å². The second kappa shape index (κ2) is 6.74. The largest absolute Gasteiger partial charge is 0.478 e. The molecule has 1 saturated heterocycles. The Kier molecular flexibility index (Phi) is 5.61. The zero-order chi connectivity index (χ0) is 12.7.